The van der Waals surface area contributed by atoms with E-state index in [9.17, 15) is 4.79 Å². The number of nitrogen functional groups attached to an aromatic ring is 1. The molecule has 1 unspecified atom stereocenters. The number of hydrogen-bond acceptors (Lipinski definition) is 3. The monoisotopic (exact) mass is 301 g/mol. The maximum absolute atomic E-state index is 12.4. The summed E-state index contributed by atoms with van der Waals surface area (Å²) in [6.45, 7) is 3.88. The molecule has 2 aromatic carbocycles. The Balaban J connectivity index is 2.06. The molecule has 3 nitrogen and oxygen atoms in total. The molecule has 2 N–H and O–H groups in total. The lowest BCUT2D eigenvalue weighted by molar-refractivity contribution is 0.0851. The van der Waals surface area contributed by atoms with Crippen LogP contribution in [-0.2, 0) is 0 Å². The van der Waals surface area contributed by atoms with Gasteiger partial charge in [0.2, 0.25) is 0 Å². The number of rotatable bonds is 1. The van der Waals surface area contributed by atoms with Gasteiger partial charge in [0.15, 0.2) is 11.5 Å². The predicted molar refractivity (Wildman–Crippen MR) is 84.1 cm³/mol. The van der Waals surface area contributed by atoms with Gasteiger partial charge in [-0.1, -0.05) is 23.7 Å². The van der Waals surface area contributed by atoms with Crippen molar-refractivity contribution < 1.29 is 9.53 Å². The van der Waals surface area contributed by atoms with Crippen LogP contribution >= 0.6 is 11.6 Å². The average molecular weight is 302 g/mol. The van der Waals surface area contributed by atoms with Crippen LogP contribution in [0.5, 0.6) is 5.75 Å². The summed E-state index contributed by atoms with van der Waals surface area (Å²) in [6.07, 6.45) is -0.0388. The van der Waals surface area contributed by atoms with Crippen molar-refractivity contribution in [3.63, 3.8) is 0 Å². The maximum atomic E-state index is 12.4. The van der Waals surface area contributed by atoms with E-state index in [4.69, 9.17) is 22.1 Å². The third-order valence-electron chi connectivity index (χ3n) is 4.00. The molecule has 1 atom stereocenters. The van der Waals surface area contributed by atoms with Gasteiger partial charge in [0.25, 0.3) is 0 Å². The number of carbonyl (C=O) groups is 1. The Morgan fingerprint density at radius 3 is 2.76 bits per heavy atom. The van der Waals surface area contributed by atoms with Gasteiger partial charge in [0.1, 0.15) is 6.10 Å². The van der Waals surface area contributed by atoms with Crippen LogP contribution in [0.3, 0.4) is 0 Å². The molecule has 0 aromatic heterocycles. The molecule has 3 rings (SSSR count). The second-order valence-electron chi connectivity index (χ2n) is 5.40. The first kappa shape index (κ1) is 14.0. The van der Waals surface area contributed by atoms with Crippen LogP contribution in [0.4, 0.5) is 5.69 Å². The molecule has 2 aromatic rings. The summed E-state index contributed by atoms with van der Waals surface area (Å²) < 4.78 is 6.01. The Hall–Kier alpha value is -2.00. The molecule has 1 aliphatic heterocycles. The van der Waals surface area contributed by atoms with Crippen LogP contribution in [-0.4, -0.2) is 5.78 Å². The van der Waals surface area contributed by atoms with Gasteiger partial charge in [-0.25, -0.2) is 0 Å². The van der Waals surface area contributed by atoms with Crippen molar-refractivity contribution in [2.45, 2.75) is 26.4 Å². The first-order valence-electron chi connectivity index (χ1n) is 6.82. The minimum Gasteiger partial charge on any atom is -0.482 e. The number of nitrogens with two attached hydrogens (primary N) is 1. The molecular weight excluding hydrogens is 286 g/mol. The Morgan fingerprint density at radius 2 is 2.05 bits per heavy atom. The van der Waals surface area contributed by atoms with E-state index in [-0.39, 0.29) is 11.9 Å². The van der Waals surface area contributed by atoms with Crippen LogP contribution in [0, 0.1) is 13.8 Å². The molecule has 0 radical (unpaired) electrons. The largest absolute Gasteiger partial charge is 0.482 e. The van der Waals surface area contributed by atoms with E-state index in [2.05, 4.69) is 0 Å². The summed E-state index contributed by atoms with van der Waals surface area (Å²) >= 11 is 6.01. The molecule has 108 valence electrons. The Labute approximate surface area is 128 Å². The molecule has 0 bridgehead atoms. The summed E-state index contributed by atoms with van der Waals surface area (Å²) in [4.78, 5) is 12.4. The fraction of sp³-hybridized carbons (Fsp3) is 0.235. The van der Waals surface area contributed by atoms with Crippen molar-refractivity contribution in [3.8, 4) is 5.75 Å². The molecule has 1 heterocycles. The topological polar surface area (TPSA) is 52.3 Å². The van der Waals surface area contributed by atoms with E-state index >= 15 is 0 Å². The summed E-state index contributed by atoms with van der Waals surface area (Å²) in [5.74, 6) is 0.551. The highest BCUT2D eigenvalue weighted by atomic mass is 35.5. The Bertz CT molecular complexity index is 740. The minimum atomic E-state index is -0.340. The third kappa shape index (κ3) is 2.38. The minimum absolute atomic E-state index is 0.0519. The first-order chi connectivity index (χ1) is 9.97. The van der Waals surface area contributed by atoms with Crippen LogP contribution in [0.1, 0.15) is 39.6 Å². The normalized spacial score (nSPS) is 17.3. The average Bonchev–Trinajstić information content (AvgIpc) is 2.46. The van der Waals surface area contributed by atoms with Crippen LogP contribution in [0.15, 0.2) is 30.3 Å². The van der Waals surface area contributed by atoms with Crippen LogP contribution in [0.2, 0.25) is 5.02 Å². The predicted octanol–water partition coefficient (Wildman–Crippen LogP) is 4.25. The molecule has 0 saturated carbocycles. The van der Waals surface area contributed by atoms with Gasteiger partial charge < -0.3 is 10.5 Å². The molecule has 0 saturated heterocycles. The number of aryl methyl sites for hydroxylation is 1. The quantitative estimate of drug-likeness (QED) is 0.801. The van der Waals surface area contributed by atoms with Crippen molar-refractivity contribution in [2.24, 2.45) is 0 Å². The van der Waals surface area contributed by atoms with Gasteiger partial charge in [0, 0.05) is 5.02 Å². The van der Waals surface area contributed by atoms with E-state index in [1.165, 1.54) is 0 Å². The van der Waals surface area contributed by atoms with Crippen LogP contribution in [0.25, 0.3) is 0 Å². The van der Waals surface area contributed by atoms with E-state index in [0.717, 1.165) is 16.7 Å². The van der Waals surface area contributed by atoms with E-state index in [0.29, 0.717) is 28.4 Å². The first-order valence-corrected chi connectivity index (χ1v) is 7.20. The second kappa shape index (κ2) is 5.08. The van der Waals surface area contributed by atoms with Crippen molar-refractivity contribution in [3.05, 3.63) is 57.6 Å². The number of halogens is 1. The zero-order valence-electron chi connectivity index (χ0n) is 11.9. The molecule has 0 spiro atoms. The lowest BCUT2D eigenvalue weighted by atomic mass is 9.92. The molecular formula is C17H16ClNO2. The number of anilines is 1. The second-order valence-corrected chi connectivity index (χ2v) is 5.83. The van der Waals surface area contributed by atoms with Gasteiger partial charge in [-0.2, -0.15) is 0 Å². The number of ether oxygens (including phenoxy) is 1. The smallest absolute Gasteiger partial charge is 0.170 e. The fourth-order valence-electron chi connectivity index (χ4n) is 2.61. The lowest BCUT2D eigenvalue weighted by Crippen LogP contribution is -2.22. The number of fused-ring (bicyclic) bond motifs is 1. The molecule has 0 fully saturated rings. The summed E-state index contributed by atoms with van der Waals surface area (Å²) in [6, 6.07) is 9.24. The van der Waals surface area contributed by atoms with Gasteiger partial charge in [-0.05, 0) is 48.7 Å². The highest BCUT2D eigenvalue weighted by molar-refractivity contribution is 6.30. The van der Waals surface area contributed by atoms with Crippen LogP contribution < -0.4 is 10.5 Å². The highest BCUT2D eigenvalue weighted by Gasteiger charge is 2.30. The van der Waals surface area contributed by atoms with Crippen molar-refractivity contribution in [1.29, 1.82) is 0 Å². The van der Waals surface area contributed by atoms with Crippen molar-refractivity contribution in [2.75, 3.05) is 5.73 Å². The van der Waals surface area contributed by atoms with Gasteiger partial charge in [-0.15, -0.1) is 0 Å². The SMILES string of the molecule is Cc1cc2c(c(N)c1C)OC(c1cccc(Cl)c1)CC2=O. The van der Waals surface area contributed by atoms with Gasteiger partial charge >= 0.3 is 0 Å². The number of hydrogen-bond donors (Lipinski definition) is 1. The lowest BCUT2D eigenvalue weighted by Gasteiger charge is -2.28. The molecule has 4 heteroatoms. The molecule has 1 aliphatic rings. The van der Waals surface area contributed by atoms with Gasteiger partial charge in [-0.3, -0.25) is 4.79 Å². The molecule has 0 amide bonds. The Morgan fingerprint density at radius 1 is 1.29 bits per heavy atom. The molecule has 0 aliphatic carbocycles. The van der Waals surface area contributed by atoms with Crippen molar-refractivity contribution in [1.82, 2.24) is 0 Å². The van der Waals surface area contributed by atoms with E-state index in [1.807, 2.05) is 38.1 Å². The summed E-state index contributed by atoms with van der Waals surface area (Å²) in [7, 11) is 0. The Kier molecular flexibility index (Phi) is 3.38. The van der Waals surface area contributed by atoms with E-state index < -0.39 is 0 Å². The number of benzene rings is 2. The fourth-order valence-corrected chi connectivity index (χ4v) is 2.81. The number of ketones is 1. The summed E-state index contributed by atoms with van der Waals surface area (Å²) in [5, 5.41) is 0.627. The molecule has 21 heavy (non-hydrogen) atoms. The van der Waals surface area contributed by atoms with Gasteiger partial charge in [0.05, 0.1) is 17.7 Å². The number of Topliss-reactive ketones (excluding diaryl/α,β-unsaturated/α-hetero) is 1. The zero-order chi connectivity index (χ0) is 15.1. The van der Waals surface area contributed by atoms with E-state index in [1.54, 1.807) is 6.07 Å². The highest BCUT2D eigenvalue weighted by Crippen LogP contribution is 2.41. The zero-order valence-corrected chi connectivity index (χ0v) is 12.7. The number of carbonyl (C=O) groups excluding carboxylic acids is 1. The van der Waals surface area contributed by atoms with Crippen molar-refractivity contribution >= 4 is 23.1 Å². The third-order valence-corrected chi connectivity index (χ3v) is 4.23. The standard InChI is InChI=1S/C17H16ClNO2/c1-9-6-13-14(20)8-15(11-4-3-5-12(18)7-11)21-17(13)16(19)10(9)2/h3-7,15H,8,19H2,1-2H3. The maximum Gasteiger partial charge on any atom is 0.170 e. The summed E-state index contributed by atoms with van der Waals surface area (Å²) in [5.41, 5.74) is 10.1.